The fourth-order valence-electron chi connectivity index (χ4n) is 2.84. The van der Waals surface area contributed by atoms with E-state index in [0.29, 0.717) is 29.6 Å². The van der Waals surface area contributed by atoms with Crippen molar-refractivity contribution in [2.45, 2.75) is 29.5 Å². The number of sulfonamides is 1. The van der Waals surface area contributed by atoms with E-state index in [2.05, 4.69) is 10.6 Å². The Morgan fingerprint density at radius 2 is 2.17 bits per heavy atom. The van der Waals surface area contributed by atoms with Crippen LogP contribution in [0.3, 0.4) is 0 Å². The van der Waals surface area contributed by atoms with E-state index >= 15 is 0 Å². The molecule has 0 spiro atoms. The minimum Gasteiger partial charge on any atom is -0.354 e. The molecule has 0 aliphatic carbocycles. The molecule has 1 atom stereocenters. The summed E-state index contributed by atoms with van der Waals surface area (Å²) in [4.78, 5) is 12.4. The van der Waals surface area contributed by atoms with Gasteiger partial charge in [-0.3, -0.25) is 4.79 Å². The van der Waals surface area contributed by atoms with Gasteiger partial charge in [-0.1, -0.05) is 12.5 Å². The highest BCUT2D eigenvalue weighted by molar-refractivity contribution is 7.91. The second-order valence-corrected chi connectivity index (χ2v) is 8.89. The maximum absolute atomic E-state index is 12.7. The van der Waals surface area contributed by atoms with Gasteiger partial charge in [0, 0.05) is 32.1 Å². The third kappa shape index (κ3) is 4.06. The van der Waals surface area contributed by atoms with Crippen molar-refractivity contribution in [3.63, 3.8) is 0 Å². The summed E-state index contributed by atoms with van der Waals surface area (Å²) >= 11 is 1.20. The largest absolute Gasteiger partial charge is 0.354 e. The lowest BCUT2D eigenvalue weighted by Gasteiger charge is -2.34. The van der Waals surface area contributed by atoms with Crippen LogP contribution in [0.2, 0.25) is 0 Å². The molecule has 1 unspecified atom stereocenters. The lowest BCUT2D eigenvalue weighted by Crippen LogP contribution is -2.54. The van der Waals surface area contributed by atoms with Gasteiger partial charge in [0.2, 0.25) is 5.91 Å². The van der Waals surface area contributed by atoms with E-state index in [0.717, 1.165) is 25.9 Å². The predicted molar refractivity (Wildman–Crippen MR) is 92.5 cm³/mol. The molecule has 1 aromatic heterocycles. The van der Waals surface area contributed by atoms with Crippen LogP contribution in [0.5, 0.6) is 0 Å². The van der Waals surface area contributed by atoms with Gasteiger partial charge in [-0.05, 0) is 24.3 Å². The predicted octanol–water partition coefficient (Wildman–Crippen LogP) is 1.05. The van der Waals surface area contributed by atoms with Crippen molar-refractivity contribution in [2.75, 3.05) is 26.2 Å². The van der Waals surface area contributed by atoms with Gasteiger partial charge in [0.15, 0.2) is 0 Å². The van der Waals surface area contributed by atoms with Crippen molar-refractivity contribution >= 4 is 39.7 Å². The molecule has 2 N–H and O–H groups in total. The molecule has 1 amide bonds. The Labute approximate surface area is 147 Å². The van der Waals surface area contributed by atoms with Gasteiger partial charge in [-0.15, -0.1) is 23.7 Å². The van der Waals surface area contributed by atoms with Crippen molar-refractivity contribution in [3.8, 4) is 0 Å². The molecule has 0 radical (unpaired) electrons. The van der Waals surface area contributed by atoms with E-state index in [1.807, 2.05) is 0 Å². The maximum Gasteiger partial charge on any atom is 0.253 e. The number of hydrogen-bond acceptors (Lipinski definition) is 5. The maximum atomic E-state index is 12.7. The summed E-state index contributed by atoms with van der Waals surface area (Å²) in [7, 11) is -3.56. The molecule has 3 rings (SSSR count). The van der Waals surface area contributed by atoms with Crippen molar-refractivity contribution in [1.82, 2.24) is 14.9 Å². The van der Waals surface area contributed by atoms with Crippen LogP contribution in [0.25, 0.3) is 0 Å². The molecule has 2 aliphatic rings. The van der Waals surface area contributed by atoms with Crippen LogP contribution in [0.15, 0.2) is 21.7 Å². The highest BCUT2D eigenvalue weighted by Gasteiger charge is 2.38. The standard InChI is InChI=1S/C14H21N3O3S2.ClH/c18-14(16-10-11-8-15-9-11)12-4-1-2-6-17(12)22(19,20)13-5-3-7-21-13;/h3,5,7,11-12,15H,1-2,4,6,8-10H2,(H,16,18);1H. The first-order valence-corrected chi connectivity index (χ1v) is 9.95. The Balaban J connectivity index is 0.00000192. The van der Waals surface area contributed by atoms with Crippen LogP contribution in [0, 0.1) is 5.92 Å². The zero-order chi connectivity index (χ0) is 15.6. The third-order valence-electron chi connectivity index (χ3n) is 4.25. The number of carbonyl (C=O) groups is 1. The molecule has 3 heterocycles. The second kappa shape index (κ2) is 7.94. The monoisotopic (exact) mass is 379 g/mol. The second-order valence-electron chi connectivity index (χ2n) is 5.83. The number of nitrogens with one attached hydrogen (secondary N) is 2. The Hall–Kier alpha value is -0.670. The Bertz CT molecular complexity index is 617. The molecule has 130 valence electrons. The highest BCUT2D eigenvalue weighted by atomic mass is 35.5. The van der Waals surface area contributed by atoms with Gasteiger partial charge < -0.3 is 10.6 Å². The lowest BCUT2D eigenvalue weighted by molar-refractivity contribution is -0.125. The quantitative estimate of drug-likeness (QED) is 0.801. The summed E-state index contributed by atoms with van der Waals surface area (Å²) in [5.74, 6) is 0.307. The zero-order valence-electron chi connectivity index (χ0n) is 12.7. The third-order valence-corrected chi connectivity index (χ3v) is 7.53. The first kappa shape index (κ1) is 18.7. The number of halogens is 1. The van der Waals surface area contributed by atoms with Gasteiger partial charge in [-0.25, -0.2) is 8.42 Å². The zero-order valence-corrected chi connectivity index (χ0v) is 15.2. The summed E-state index contributed by atoms with van der Waals surface area (Å²) in [6.45, 7) is 2.88. The van der Waals surface area contributed by atoms with Gasteiger partial charge in [-0.2, -0.15) is 4.31 Å². The number of carbonyl (C=O) groups excluding carboxylic acids is 1. The smallest absolute Gasteiger partial charge is 0.253 e. The molecule has 2 fully saturated rings. The molecular weight excluding hydrogens is 358 g/mol. The SMILES string of the molecule is Cl.O=C(NCC1CNC1)C1CCCCN1S(=O)(=O)c1cccs1. The summed E-state index contributed by atoms with van der Waals surface area (Å²) in [5.41, 5.74) is 0. The molecule has 2 saturated heterocycles. The van der Waals surface area contributed by atoms with Crippen LogP contribution >= 0.6 is 23.7 Å². The highest BCUT2D eigenvalue weighted by Crippen LogP contribution is 2.27. The number of rotatable bonds is 5. The molecule has 0 bridgehead atoms. The van der Waals surface area contributed by atoms with E-state index in [1.165, 1.54) is 15.6 Å². The van der Waals surface area contributed by atoms with Crippen LogP contribution in [0.4, 0.5) is 0 Å². The average molecular weight is 380 g/mol. The summed E-state index contributed by atoms with van der Waals surface area (Å²) in [6, 6.07) is 2.75. The Kier molecular flexibility index (Phi) is 6.44. The van der Waals surface area contributed by atoms with Crippen LogP contribution in [-0.2, 0) is 14.8 Å². The van der Waals surface area contributed by atoms with Crippen LogP contribution in [0.1, 0.15) is 19.3 Å². The van der Waals surface area contributed by atoms with Crippen molar-refractivity contribution < 1.29 is 13.2 Å². The molecule has 9 heteroatoms. The van der Waals surface area contributed by atoms with Gasteiger partial charge in [0.25, 0.3) is 10.0 Å². The number of amides is 1. The molecule has 1 aromatic rings. The first-order chi connectivity index (χ1) is 10.6. The van der Waals surface area contributed by atoms with Gasteiger partial charge in [0.1, 0.15) is 10.3 Å². The number of thiophene rings is 1. The van der Waals surface area contributed by atoms with Crippen molar-refractivity contribution in [3.05, 3.63) is 17.5 Å². The molecule has 6 nitrogen and oxygen atoms in total. The fourth-order valence-corrected chi connectivity index (χ4v) is 5.61. The fraction of sp³-hybridized carbons (Fsp3) is 0.643. The number of piperidine rings is 1. The minimum absolute atomic E-state index is 0. The molecule has 23 heavy (non-hydrogen) atoms. The van der Waals surface area contributed by atoms with Crippen LogP contribution < -0.4 is 10.6 Å². The number of hydrogen-bond donors (Lipinski definition) is 2. The van der Waals surface area contributed by atoms with Gasteiger partial charge >= 0.3 is 0 Å². The molecule has 0 saturated carbocycles. The summed E-state index contributed by atoms with van der Waals surface area (Å²) in [5, 5.41) is 7.83. The van der Waals surface area contributed by atoms with E-state index in [4.69, 9.17) is 0 Å². The van der Waals surface area contributed by atoms with Crippen molar-refractivity contribution in [2.24, 2.45) is 5.92 Å². The molecule has 0 aromatic carbocycles. The van der Waals surface area contributed by atoms with E-state index in [1.54, 1.807) is 17.5 Å². The first-order valence-electron chi connectivity index (χ1n) is 7.63. The van der Waals surface area contributed by atoms with Gasteiger partial charge in [0.05, 0.1) is 0 Å². The van der Waals surface area contributed by atoms with E-state index < -0.39 is 16.1 Å². The summed E-state index contributed by atoms with van der Waals surface area (Å²) < 4.78 is 27.1. The Morgan fingerprint density at radius 1 is 1.39 bits per heavy atom. The van der Waals surface area contributed by atoms with E-state index in [-0.39, 0.29) is 18.3 Å². The Morgan fingerprint density at radius 3 is 2.78 bits per heavy atom. The minimum atomic E-state index is -3.56. The average Bonchev–Trinajstić information content (AvgIpc) is 3.00. The summed E-state index contributed by atoms with van der Waals surface area (Å²) in [6.07, 6.45) is 2.29. The number of nitrogens with zero attached hydrogens (tertiary/aromatic N) is 1. The normalized spacial score (nSPS) is 22.9. The molecule has 2 aliphatic heterocycles. The van der Waals surface area contributed by atoms with Crippen LogP contribution in [-0.4, -0.2) is 50.9 Å². The lowest BCUT2D eigenvalue weighted by atomic mass is 10.0. The van der Waals surface area contributed by atoms with E-state index in [9.17, 15) is 13.2 Å². The van der Waals surface area contributed by atoms with Crippen molar-refractivity contribution in [1.29, 1.82) is 0 Å². The topological polar surface area (TPSA) is 78.5 Å². The molecular formula is C14H22ClN3O3S2.